The van der Waals surface area contributed by atoms with E-state index in [1.54, 1.807) is 6.20 Å². The van der Waals surface area contributed by atoms with E-state index in [0.717, 1.165) is 16.6 Å². The Kier molecular flexibility index (Phi) is 3.46. The van der Waals surface area contributed by atoms with E-state index in [9.17, 15) is 4.79 Å². The first-order chi connectivity index (χ1) is 8.63. The van der Waals surface area contributed by atoms with E-state index < -0.39 is 0 Å². The number of rotatable bonds is 3. The Balaban J connectivity index is 2.56. The molecule has 1 heterocycles. The fraction of sp³-hybridized carbons (Fsp3) is 0.286. The van der Waals surface area contributed by atoms with Gasteiger partial charge in [-0.1, -0.05) is 24.3 Å². The van der Waals surface area contributed by atoms with Crippen LogP contribution in [0, 0.1) is 0 Å². The van der Waals surface area contributed by atoms with Crippen LogP contribution in [0.5, 0.6) is 0 Å². The second-order valence-corrected chi connectivity index (χ2v) is 4.44. The second kappa shape index (κ2) is 5.04. The van der Waals surface area contributed by atoms with Crippen LogP contribution in [-0.4, -0.2) is 24.0 Å². The maximum atomic E-state index is 12.1. The summed E-state index contributed by atoms with van der Waals surface area (Å²) in [6.07, 6.45) is 1.62. The Morgan fingerprint density at radius 2 is 1.89 bits per heavy atom. The highest BCUT2D eigenvalue weighted by atomic mass is 16.1. The zero-order valence-corrected chi connectivity index (χ0v) is 10.8. The Hall–Kier alpha value is -2.10. The molecule has 2 N–H and O–H groups in total. The molecule has 1 amide bonds. The molecule has 0 fully saturated rings. The molecule has 0 radical (unpaired) electrons. The average molecular weight is 243 g/mol. The van der Waals surface area contributed by atoms with E-state index >= 15 is 0 Å². The zero-order valence-electron chi connectivity index (χ0n) is 10.8. The molecule has 0 spiro atoms. The fourth-order valence-electron chi connectivity index (χ4n) is 1.91. The van der Waals surface area contributed by atoms with Crippen LogP contribution in [0.1, 0.15) is 24.2 Å². The van der Waals surface area contributed by atoms with E-state index in [0.29, 0.717) is 5.56 Å². The summed E-state index contributed by atoms with van der Waals surface area (Å²) in [5.41, 5.74) is 0.610. The predicted octanol–water partition coefficient (Wildman–Crippen LogP) is 2.41. The molecule has 0 bridgehead atoms. The number of carbonyl (C=O) groups excluding carboxylic acids is 1. The lowest BCUT2D eigenvalue weighted by Gasteiger charge is -2.12. The van der Waals surface area contributed by atoms with Crippen LogP contribution in [0.3, 0.4) is 0 Å². The van der Waals surface area contributed by atoms with Crippen LogP contribution in [0.2, 0.25) is 0 Å². The Labute approximate surface area is 106 Å². The van der Waals surface area contributed by atoms with Gasteiger partial charge in [0, 0.05) is 24.7 Å². The van der Waals surface area contributed by atoms with Crippen molar-refractivity contribution in [1.29, 1.82) is 0 Å². The highest BCUT2D eigenvalue weighted by Crippen LogP contribution is 2.23. The number of nitrogens with zero attached hydrogens (tertiary/aromatic N) is 1. The molecule has 18 heavy (non-hydrogen) atoms. The maximum Gasteiger partial charge on any atom is 0.253 e. The number of nitrogens with one attached hydrogen (secondary N) is 2. The average Bonchev–Trinajstić information content (AvgIpc) is 2.36. The molecule has 0 atom stereocenters. The Bertz CT molecular complexity index is 578. The molecule has 1 aromatic heterocycles. The first kappa shape index (κ1) is 12.4. The molecular formula is C14H17N3O. The lowest BCUT2D eigenvalue weighted by atomic mass is 10.1. The highest BCUT2D eigenvalue weighted by molar-refractivity contribution is 6.09. The van der Waals surface area contributed by atoms with Gasteiger partial charge in [0.15, 0.2) is 0 Å². The van der Waals surface area contributed by atoms with E-state index in [-0.39, 0.29) is 11.9 Å². The molecule has 4 nitrogen and oxygen atoms in total. The van der Waals surface area contributed by atoms with Gasteiger partial charge < -0.3 is 10.6 Å². The quantitative estimate of drug-likeness (QED) is 0.870. The maximum absolute atomic E-state index is 12.1. The van der Waals surface area contributed by atoms with Crippen LogP contribution in [0.25, 0.3) is 10.8 Å². The van der Waals surface area contributed by atoms with Crippen molar-refractivity contribution in [3.8, 4) is 0 Å². The van der Waals surface area contributed by atoms with E-state index in [4.69, 9.17) is 0 Å². The molecule has 0 unspecified atom stereocenters. The summed E-state index contributed by atoms with van der Waals surface area (Å²) in [6.45, 7) is 3.88. The summed E-state index contributed by atoms with van der Waals surface area (Å²) in [7, 11) is 1.82. The molecule has 0 aliphatic carbocycles. The molecule has 0 aliphatic rings. The highest BCUT2D eigenvalue weighted by Gasteiger charge is 2.13. The fourth-order valence-corrected chi connectivity index (χ4v) is 1.91. The summed E-state index contributed by atoms with van der Waals surface area (Å²) in [4.78, 5) is 16.4. The third kappa shape index (κ3) is 2.27. The van der Waals surface area contributed by atoms with Crippen molar-refractivity contribution in [2.24, 2.45) is 0 Å². The normalized spacial score (nSPS) is 10.7. The molecule has 1 aromatic carbocycles. The van der Waals surface area contributed by atoms with Crippen molar-refractivity contribution >= 4 is 22.5 Å². The summed E-state index contributed by atoms with van der Waals surface area (Å²) >= 11 is 0. The van der Waals surface area contributed by atoms with Gasteiger partial charge in [0.05, 0.1) is 5.56 Å². The number of benzene rings is 1. The standard InChI is InChI=1S/C14H17N3O/c1-9(2)17-14(18)12-8-16-13(15-3)11-7-5-4-6-10(11)12/h4-9H,1-3H3,(H,15,16)(H,17,18). The van der Waals surface area contributed by atoms with Crippen LogP contribution >= 0.6 is 0 Å². The van der Waals surface area contributed by atoms with Gasteiger partial charge in [-0.3, -0.25) is 4.79 Å². The number of anilines is 1. The smallest absolute Gasteiger partial charge is 0.253 e. The minimum absolute atomic E-state index is 0.0867. The van der Waals surface area contributed by atoms with Gasteiger partial charge in [-0.15, -0.1) is 0 Å². The molecule has 94 valence electrons. The molecule has 2 rings (SSSR count). The van der Waals surface area contributed by atoms with Crippen LogP contribution in [0.4, 0.5) is 5.82 Å². The SMILES string of the molecule is CNc1ncc(C(=O)NC(C)C)c2ccccc12. The van der Waals surface area contributed by atoms with E-state index in [1.165, 1.54) is 0 Å². The third-order valence-electron chi connectivity index (χ3n) is 2.70. The van der Waals surface area contributed by atoms with Gasteiger partial charge in [0.2, 0.25) is 0 Å². The van der Waals surface area contributed by atoms with Gasteiger partial charge >= 0.3 is 0 Å². The monoisotopic (exact) mass is 243 g/mol. The summed E-state index contributed by atoms with van der Waals surface area (Å²) in [6, 6.07) is 7.87. The number of hydrogen-bond donors (Lipinski definition) is 2. The van der Waals surface area contributed by atoms with Crippen molar-refractivity contribution < 1.29 is 4.79 Å². The number of pyridine rings is 1. The van der Waals surface area contributed by atoms with Crippen molar-refractivity contribution in [3.05, 3.63) is 36.0 Å². The van der Waals surface area contributed by atoms with E-state index in [1.807, 2.05) is 45.2 Å². The summed E-state index contributed by atoms with van der Waals surface area (Å²) in [5, 5.41) is 7.79. The number of amides is 1. The van der Waals surface area contributed by atoms with Gasteiger partial charge in [0.1, 0.15) is 5.82 Å². The number of aromatic nitrogens is 1. The minimum Gasteiger partial charge on any atom is -0.373 e. The van der Waals surface area contributed by atoms with Crippen LogP contribution < -0.4 is 10.6 Å². The summed E-state index contributed by atoms with van der Waals surface area (Å²) < 4.78 is 0. The van der Waals surface area contributed by atoms with Crippen molar-refractivity contribution in [3.63, 3.8) is 0 Å². The largest absolute Gasteiger partial charge is 0.373 e. The Morgan fingerprint density at radius 1 is 1.22 bits per heavy atom. The lowest BCUT2D eigenvalue weighted by molar-refractivity contribution is 0.0944. The third-order valence-corrected chi connectivity index (χ3v) is 2.70. The molecule has 4 heteroatoms. The predicted molar refractivity (Wildman–Crippen MR) is 73.9 cm³/mol. The molecule has 0 saturated heterocycles. The zero-order chi connectivity index (χ0) is 13.1. The summed E-state index contributed by atoms with van der Waals surface area (Å²) in [5.74, 6) is 0.697. The lowest BCUT2D eigenvalue weighted by Crippen LogP contribution is -2.30. The van der Waals surface area contributed by atoms with Crippen LogP contribution in [-0.2, 0) is 0 Å². The topological polar surface area (TPSA) is 54.0 Å². The Morgan fingerprint density at radius 3 is 2.50 bits per heavy atom. The molecular weight excluding hydrogens is 226 g/mol. The molecule has 0 saturated carbocycles. The van der Waals surface area contributed by atoms with Crippen molar-refractivity contribution in [2.75, 3.05) is 12.4 Å². The van der Waals surface area contributed by atoms with Crippen molar-refractivity contribution in [2.45, 2.75) is 19.9 Å². The second-order valence-electron chi connectivity index (χ2n) is 4.44. The van der Waals surface area contributed by atoms with Crippen molar-refractivity contribution in [1.82, 2.24) is 10.3 Å². The number of carbonyl (C=O) groups is 1. The molecule has 2 aromatic rings. The minimum atomic E-state index is -0.0867. The number of fused-ring (bicyclic) bond motifs is 1. The van der Waals surface area contributed by atoms with Crippen LogP contribution in [0.15, 0.2) is 30.5 Å². The van der Waals surface area contributed by atoms with Gasteiger partial charge in [-0.2, -0.15) is 0 Å². The first-order valence-corrected chi connectivity index (χ1v) is 6.00. The number of hydrogen-bond acceptors (Lipinski definition) is 3. The van der Waals surface area contributed by atoms with Gasteiger partial charge in [-0.05, 0) is 19.2 Å². The van der Waals surface area contributed by atoms with Gasteiger partial charge in [-0.25, -0.2) is 4.98 Å². The van der Waals surface area contributed by atoms with E-state index in [2.05, 4.69) is 15.6 Å². The first-order valence-electron chi connectivity index (χ1n) is 6.00. The van der Waals surface area contributed by atoms with Gasteiger partial charge in [0.25, 0.3) is 5.91 Å². The molecule has 0 aliphatic heterocycles.